The van der Waals surface area contributed by atoms with E-state index in [9.17, 15) is 9.59 Å². The number of nitrogens with one attached hydrogen (secondary N) is 2. The molecule has 0 saturated carbocycles. The zero-order chi connectivity index (χ0) is 20.5. The van der Waals surface area contributed by atoms with Crippen LogP contribution < -0.4 is 5.32 Å². The SMILES string of the molecule is CC(=O)c1[nH]c(C)c(C(=O)N[C@@H]2CCCc3nc(-c4cccnc4)ncc32)c1C. The van der Waals surface area contributed by atoms with Gasteiger partial charge in [0, 0.05) is 48.0 Å². The second kappa shape index (κ2) is 7.58. The Hall–Kier alpha value is -3.35. The van der Waals surface area contributed by atoms with Crippen molar-refractivity contribution in [3.63, 3.8) is 0 Å². The summed E-state index contributed by atoms with van der Waals surface area (Å²) >= 11 is 0. The summed E-state index contributed by atoms with van der Waals surface area (Å²) in [4.78, 5) is 41.2. The van der Waals surface area contributed by atoms with Crippen molar-refractivity contribution in [2.24, 2.45) is 0 Å². The van der Waals surface area contributed by atoms with Gasteiger partial charge >= 0.3 is 0 Å². The maximum atomic E-state index is 13.0. The van der Waals surface area contributed by atoms with E-state index in [4.69, 9.17) is 4.98 Å². The number of carbonyl (C=O) groups excluding carboxylic acids is 2. The Balaban J connectivity index is 1.61. The van der Waals surface area contributed by atoms with Crippen LogP contribution in [0.15, 0.2) is 30.7 Å². The van der Waals surface area contributed by atoms with Crippen LogP contribution in [0.5, 0.6) is 0 Å². The Morgan fingerprint density at radius 2 is 2.07 bits per heavy atom. The molecule has 7 heteroatoms. The van der Waals surface area contributed by atoms with Gasteiger partial charge in [-0.25, -0.2) is 9.97 Å². The van der Waals surface area contributed by atoms with E-state index in [1.165, 1.54) is 6.92 Å². The number of pyridine rings is 1. The van der Waals surface area contributed by atoms with Crippen molar-refractivity contribution < 1.29 is 9.59 Å². The number of H-pyrrole nitrogens is 1. The van der Waals surface area contributed by atoms with Gasteiger partial charge in [0.15, 0.2) is 11.6 Å². The number of rotatable bonds is 4. The number of aromatic nitrogens is 4. The summed E-state index contributed by atoms with van der Waals surface area (Å²) in [7, 11) is 0. The molecule has 0 radical (unpaired) electrons. The molecule has 3 heterocycles. The number of hydrogen-bond donors (Lipinski definition) is 2. The van der Waals surface area contributed by atoms with E-state index in [0.717, 1.165) is 36.1 Å². The third-order valence-electron chi connectivity index (χ3n) is 5.42. The van der Waals surface area contributed by atoms with Crippen LogP contribution in [-0.4, -0.2) is 31.6 Å². The second-order valence-corrected chi connectivity index (χ2v) is 7.44. The molecule has 0 aromatic carbocycles. The second-order valence-electron chi connectivity index (χ2n) is 7.44. The number of fused-ring (bicyclic) bond motifs is 1. The molecule has 148 valence electrons. The third-order valence-corrected chi connectivity index (χ3v) is 5.42. The highest BCUT2D eigenvalue weighted by Crippen LogP contribution is 2.30. The molecule has 0 fully saturated rings. The smallest absolute Gasteiger partial charge is 0.253 e. The highest BCUT2D eigenvalue weighted by molar-refractivity contribution is 6.02. The molecule has 1 atom stereocenters. The standard InChI is InChI=1S/C22H23N5O2/c1-12-19(13(2)25-20(12)14(3)28)22(29)27-18-8-4-7-17-16(18)11-24-21(26-17)15-6-5-9-23-10-15/h5-6,9-11,18,25H,4,7-8H2,1-3H3,(H,27,29)/t18-/m1/s1. The highest BCUT2D eigenvalue weighted by Gasteiger charge is 2.27. The van der Waals surface area contributed by atoms with E-state index >= 15 is 0 Å². The van der Waals surface area contributed by atoms with Crippen molar-refractivity contribution in [3.05, 3.63) is 64.5 Å². The lowest BCUT2D eigenvalue weighted by Gasteiger charge is -2.25. The number of aromatic amines is 1. The van der Waals surface area contributed by atoms with Crippen molar-refractivity contribution in [1.82, 2.24) is 25.3 Å². The Bertz CT molecular complexity index is 1090. The lowest BCUT2D eigenvalue weighted by Crippen LogP contribution is -2.32. The fourth-order valence-electron chi connectivity index (χ4n) is 4.00. The Morgan fingerprint density at radius 3 is 2.76 bits per heavy atom. The fourth-order valence-corrected chi connectivity index (χ4v) is 4.00. The molecule has 0 saturated heterocycles. The molecule has 0 unspecified atom stereocenters. The first-order chi connectivity index (χ1) is 14.0. The number of nitrogens with zero attached hydrogens (tertiary/aromatic N) is 3. The quantitative estimate of drug-likeness (QED) is 0.665. The van der Waals surface area contributed by atoms with E-state index < -0.39 is 0 Å². The first-order valence-electron chi connectivity index (χ1n) is 9.73. The van der Waals surface area contributed by atoms with Gasteiger partial charge in [-0.3, -0.25) is 14.6 Å². The molecule has 7 nitrogen and oxygen atoms in total. The van der Waals surface area contributed by atoms with Gasteiger partial charge in [-0.2, -0.15) is 0 Å². The molecule has 29 heavy (non-hydrogen) atoms. The Labute approximate surface area is 169 Å². The molecule has 1 aliphatic carbocycles. The summed E-state index contributed by atoms with van der Waals surface area (Å²) in [5.74, 6) is 0.383. The predicted molar refractivity (Wildman–Crippen MR) is 109 cm³/mol. The largest absolute Gasteiger partial charge is 0.355 e. The number of aryl methyl sites for hydroxylation is 2. The van der Waals surface area contributed by atoms with Gasteiger partial charge in [-0.15, -0.1) is 0 Å². The minimum absolute atomic E-state index is 0.0796. The number of ketones is 1. The lowest BCUT2D eigenvalue weighted by molar-refractivity contribution is 0.0931. The Kier molecular flexibility index (Phi) is 4.96. The molecule has 4 rings (SSSR count). The molecule has 3 aromatic heterocycles. The summed E-state index contributed by atoms with van der Waals surface area (Å²) in [5.41, 5.74) is 5.20. The predicted octanol–water partition coefficient (Wildman–Crippen LogP) is 3.49. The maximum absolute atomic E-state index is 13.0. The van der Waals surface area contributed by atoms with Crippen molar-refractivity contribution in [1.29, 1.82) is 0 Å². The minimum atomic E-state index is -0.182. The molecule has 1 amide bonds. The first kappa shape index (κ1) is 19.0. The summed E-state index contributed by atoms with van der Waals surface area (Å²) < 4.78 is 0. The number of amides is 1. The average Bonchev–Trinajstić information content (AvgIpc) is 3.03. The number of Topliss-reactive ketones (excluding diaryl/α,β-unsaturated/α-hetero) is 1. The van der Waals surface area contributed by atoms with Crippen LogP contribution in [0.25, 0.3) is 11.4 Å². The maximum Gasteiger partial charge on any atom is 0.253 e. The summed E-state index contributed by atoms with van der Waals surface area (Å²) in [6, 6.07) is 3.64. The first-order valence-corrected chi connectivity index (χ1v) is 9.73. The van der Waals surface area contributed by atoms with Gasteiger partial charge in [0.05, 0.1) is 17.3 Å². The molecule has 3 aromatic rings. The fraction of sp³-hybridized carbons (Fsp3) is 0.318. The van der Waals surface area contributed by atoms with E-state index in [1.54, 1.807) is 19.3 Å². The van der Waals surface area contributed by atoms with Crippen LogP contribution in [0.4, 0.5) is 0 Å². The van der Waals surface area contributed by atoms with Gasteiger partial charge in [-0.1, -0.05) is 0 Å². The summed E-state index contributed by atoms with van der Waals surface area (Å²) in [6.45, 7) is 5.11. The molecule has 2 N–H and O–H groups in total. The van der Waals surface area contributed by atoms with Crippen LogP contribution in [0.2, 0.25) is 0 Å². The van der Waals surface area contributed by atoms with Crippen molar-refractivity contribution in [2.45, 2.75) is 46.1 Å². The van der Waals surface area contributed by atoms with Gasteiger partial charge in [0.25, 0.3) is 5.91 Å². The number of hydrogen-bond acceptors (Lipinski definition) is 5. The molecular weight excluding hydrogens is 366 g/mol. The summed E-state index contributed by atoms with van der Waals surface area (Å²) in [6.07, 6.45) is 7.90. The van der Waals surface area contributed by atoms with Crippen molar-refractivity contribution >= 4 is 11.7 Å². The van der Waals surface area contributed by atoms with Crippen LogP contribution in [0.3, 0.4) is 0 Å². The van der Waals surface area contributed by atoms with Gasteiger partial charge in [0.2, 0.25) is 0 Å². The molecule has 1 aliphatic rings. The summed E-state index contributed by atoms with van der Waals surface area (Å²) in [5, 5.41) is 3.12. The van der Waals surface area contributed by atoms with Crippen LogP contribution in [0, 0.1) is 13.8 Å². The normalized spacial score (nSPS) is 15.6. The monoisotopic (exact) mass is 389 g/mol. The van der Waals surface area contributed by atoms with E-state index in [-0.39, 0.29) is 17.7 Å². The zero-order valence-electron chi connectivity index (χ0n) is 16.7. The highest BCUT2D eigenvalue weighted by atomic mass is 16.2. The van der Waals surface area contributed by atoms with Gasteiger partial charge in [0.1, 0.15) is 0 Å². The van der Waals surface area contributed by atoms with Gasteiger partial charge < -0.3 is 10.3 Å². The molecule has 0 spiro atoms. The van der Waals surface area contributed by atoms with Gasteiger partial charge in [-0.05, 0) is 50.8 Å². The molecular formula is C22H23N5O2. The molecule has 0 bridgehead atoms. The topological polar surface area (TPSA) is 101 Å². The van der Waals surface area contributed by atoms with Crippen LogP contribution in [0.1, 0.15) is 69.2 Å². The average molecular weight is 389 g/mol. The molecule has 0 aliphatic heterocycles. The minimum Gasteiger partial charge on any atom is -0.355 e. The van der Waals surface area contributed by atoms with Crippen LogP contribution >= 0.6 is 0 Å². The lowest BCUT2D eigenvalue weighted by atomic mass is 9.91. The third kappa shape index (κ3) is 3.55. The van der Waals surface area contributed by atoms with E-state index in [2.05, 4.69) is 20.3 Å². The van der Waals surface area contributed by atoms with E-state index in [0.29, 0.717) is 28.3 Å². The van der Waals surface area contributed by atoms with Crippen molar-refractivity contribution in [3.8, 4) is 11.4 Å². The van der Waals surface area contributed by atoms with Crippen molar-refractivity contribution in [2.75, 3.05) is 0 Å². The Morgan fingerprint density at radius 1 is 1.24 bits per heavy atom. The number of carbonyl (C=O) groups is 2. The zero-order valence-corrected chi connectivity index (χ0v) is 16.7. The van der Waals surface area contributed by atoms with Crippen LogP contribution in [-0.2, 0) is 6.42 Å². The van der Waals surface area contributed by atoms with E-state index in [1.807, 2.05) is 25.3 Å².